The number of hydrogen-bond acceptors (Lipinski definition) is 4. The van der Waals surface area contributed by atoms with Gasteiger partial charge in [-0.1, -0.05) is 11.6 Å². The first kappa shape index (κ1) is 14.6. The number of thiophene rings is 1. The standard InChI is InChI=1S/C13H13ClN2O3S/c1-16(6-9-2-3-20-8-9)12(17)7-19-13(18)11-4-10(14)5-15-11/h2-5,8,15H,6-7H2,1H3. The van der Waals surface area contributed by atoms with E-state index in [1.807, 2.05) is 16.8 Å². The maximum Gasteiger partial charge on any atom is 0.355 e. The highest BCUT2D eigenvalue weighted by Crippen LogP contribution is 2.11. The zero-order valence-corrected chi connectivity index (χ0v) is 12.3. The van der Waals surface area contributed by atoms with Gasteiger partial charge < -0.3 is 14.6 Å². The average molecular weight is 313 g/mol. The minimum absolute atomic E-state index is 0.225. The van der Waals surface area contributed by atoms with E-state index in [4.69, 9.17) is 16.3 Å². The molecule has 0 radical (unpaired) electrons. The molecule has 1 N–H and O–H groups in total. The van der Waals surface area contributed by atoms with Crippen molar-refractivity contribution in [1.29, 1.82) is 0 Å². The second kappa shape index (κ2) is 6.58. The minimum atomic E-state index is -0.603. The number of hydrogen-bond donors (Lipinski definition) is 1. The van der Waals surface area contributed by atoms with Gasteiger partial charge in [0.2, 0.25) is 0 Å². The van der Waals surface area contributed by atoms with Crippen molar-refractivity contribution < 1.29 is 14.3 Å². The predicted molar refractivity (Wildman–Crippen MR) is 76.9 cm³/mol. The highest BCUT2D eigenvalue weighted by atomic mass is 35.5. The van der Waals surface area contributed by atoms with Gasteiger partial charge in [0.05, 0.1) is 5.02 Å². The third-order valence-electron chi connectivity index (χ3n) is 2.62. The third kappa shape index (κ3) is 3.85. The molecule has 0 aliphatic rings. The number of carbonyl (C=O) groups is 2. The Labute approximate surface area is 125 Å². The predicted octanol–water partition coefficient (Wildman–Crippen LogP) is 2.54. The first-order chi connectivity index (χ1) is 9.56. The fraction of sp³-hybridized carbons (Fsp3) is 0.231. The lowest BCUT2D eigenvalue weighted by molar-refractivity contribution is -0.133. The van der Waals surface area contributed by atoms with Crippen LogP contribution in [0.1, 0.15) is 16.1 Å². The summed E-state index contributed by atoms with van der Waals surface area (Å²) < 4.78 is 4.93. The number of halogens is 1. The molecule has 0 fully saturated rings. The molecule has 0 unspecified atom stereocenters. The first-order valence-corrected chi connectivity index (χ1v) is 7.14. The lowest BCUT2D eigenvalue weighted by atomic mass is 10.3. The first-order valence-electron chi connectivity index (χ1n) is 5.82. The van der Waals surface area contributed by atoms with E-state index >= 15 is 0 Å². The van der Waals surface area contributed by atoms with Crippen molar-refractivity contribution in [3.63, 3.8) is 0 Å². The molecule has 2 heterocycles. The van der Waals surface area contributed by atoms with Crippen molar-refractivity contribution in [2.45, 2.75) is 6.54 Å². The molecule has 0 atom stereocenters. The van der Waals surface area contributed by atoms with Crippen LogP contribution < -0.4 is 0 Å². The summed E-state index contributed by atoms with van der Waals surface area (Å²) in [5, 5.41) is 4.33. The number of aromatic amines is 1. The van der Waals surface area contributed by atoms with Gasteiger partial charge in [0.25, 0.3) is 5.91 Å². The summed E-state index contributed by atoms with van der Waals surface area (Å²) in [6, 6.07) is 3.39. The SMILES string of the molecule is CN(Cc1ccsc1)C(=O)COC(=O)c1cc(Cl)c[nH]1. The zero-order valence-electron chi connectivity index (χ0n) is 10.8. The Morgan fingerprint density at radius 3 is 2.90 bits per heavy atom. The Hall–Kier alpha value is -1.79. The molecule has 2 aromatic rings. The number of rotatable bonds is 5. The summed E-state index contributed by atoms with van der Waals surface area (Å²) >= 11 is 7.26. The molecule has 7 heteroatoms. The largest absolute Gasteiger partial charge is 0.451 e. The summed E-state index contributed by atoms with van der Waals surface area (Å²) in [6.07, 6.45) is 1.47. The molecule has 0 saturated carbocycles. The van der Waals surface area contributed by atoms with Crippen LogP contribution in [-0.2, 0) is 16.1 Å². The minimum Gasteiger partial charge on any atom is -0.451 e. The van der Waals surface area contributed by atoms with Gasteiger partial charge in [-0.3, -0.25) is 4.79 Å². The molecule has 0 aliphatic carbocycles. The van der Waals surface area contributed by atoms with Crippen molar-refractivity contribution in [2.24, 2.45) is 0 Å². The van der Waals surface area contributed by atoms with Crippen molar-refractivity contribution in [1.82, 2.24) is 9.88 Å². The lowest BCUT2D eigenvalue weighted by Crippen LogP contribution is -2.30. The van der Waals surface area contributed by atoms with E-state index in [0.717, 1.165) is 5.56 Å². The van der Waals surface area contributed by atoms with Crippen molar-refractivity contribution in [2.75, 3.05) is 13.7 Å². The number of carbonyl (C=O) groups excluding carboxylic acids is 2. The van der Waals surface area contributed by atoms with Crippen LogP contribution in [0.25, 0.3) is 0 Å². The fourth-order valence-corrected chi connectivity index (χ4v) is 2.37. The smallest absolute Gasteiger partial charge is 0.355 e. The Morgan fingerprint density at radius 2 is 2.30 bits per heavy atom. The van der Waals surface area contributed by atoms with Crippen LogP contribution in [0.4, 0.5) is 0 Å². The number of amides is 1. The van der Waals surface area contributed by atoms with Crippen molar-refractivity contribution in [3.05, 3.63) is 45.4 Å². The monoisotopic (exact) mass is 312 g/mol. The maximum absolute atomic E-state index is 11.8. The summed E-state index contributed by atoms with van der Waals surface area (Å²) in [4.78, 5) is 27.6. The molecule has 2 rings (SSSR count). The average Bonchev–Trinajstić information content (AvgIpc) is 3.07. The number of esters is 1. The van der Waals surface area contributed by atoms with E-state index < -0.39 is 5.97 Å². The molecule has 0 saturated heterocycles. The number of H-pyrrole nitrogens is 1. The summed E-state index contributed by atoms with van der Waals surface area (Å²) in [7, 11) is 1.67. The number of aromatic nitrogens is 1. The molecule has 5 nitrogen and oxygen atoms in total. The fourth-order valence-electron chi connectivity index (χ4n) is 1.55. The van der Waals surface area contributed by atoms with E-state index in [0.29, 0.717) is 11.6 Å². The highest BCUT2D eigenvalue weighted by Gasteiger charge is 2.15. The van der Waals surface area contributed by atoms with E-state index in [1.54, 1.807) is 18.4 Å². The highest BCUT2D eigenvalue weighted by molar-refractivity contribution is 7.07. The van der Waals surface area contributed by atoms with Gasteiger partial charge in [0.1, 0.15) is 5.69 Å². The topological polar surface area (TPSA) is 62.4 Å². The summed E-state index contributed by atoms with van der Waals surface area (Å²) in [5.74, 6) is -0.864. The molecular formula is C13H13ClN2O3S. The van der Waals surface area contributed by atoms with Gasteiger partial charge in [0.15, 0.2) is 6.61 Å². The third-order valence-corrected chi connectivity index (χ3v) is 3.57. The van der Waals surface area contributed by atoms with Gasteiger partial charge in [-0.05, 0) is 28.5 Å². The molecule has 0 spiro atoms. The van der Waals surface area contributed by atoms with Crippen molar-refractivity contribution in [3.8, 4) is 0 Å². The number of nitrogens with zero attached hydrogens (tertiary/aromatic N) is 1. The second-order valence-electron chi connectivity index (χ2n) is 4.19. The second-order valence-corrected chi connectivity index (χ2v) is 5.41. The van der Waals surface area contributed by atoms with E-state index in [2.05, 4.69) is 4.98 Å². The van der Waals surface area contributed by atoms with Crippen LogP contribution in [-0.4, -0.2) is 35.4 Å². The van der Waals surface area contributed by atoms with Crippen LogP contribution in [0.2, 0.25) is 5.02 Å². The van der Waals surface area contributed by atoms with Gasteiger partial charge in [-0.25, -0.2) is 4.79 Å². The van der Waals surface area contributed by atoms with E-state index in [9.17, 15) is 9.59 Å². The molecule has 1 amide bonds. The molecule has 0 aromatic carbocycles. The quantitative estimate of drug-likeness (QED) is 0.863. The van der Waals surface area contributed by atoms with Gasteiger partial charge in [-0.2, -0.15) is 11.3 Å². The van der Waals surface area contributed by atoms with Crippen LogP contribution in [0.3, 0.4) is 0 Å². The van der Waals surface area contributed by atoms with E-state index in [-0.39, 0.29) is 18.2 Å². The number of likely N-dealkylation sites (N-methyl/N-ethyl adjacent to an activating group) is 1. The van der Waals surface area contributed by atoms with Gasteiger partial charge in [0, 0.05) is 19.8 Å². The number of ether oxygens (including phenoxy) is 1. The summed E-state index contributed by atoms with van der Waals surface area (Å²) in [6.45, 7) is 0.199. The zero-order chi connectivity index (χ0) is 14.5. The lowest BCUT2D eigenvalue weighted by Gasteiger charge is -2.16. The Kier molecular flexibility index (Phi) is 4.81. The van der Waals surface area contributed by atoms with Crippen molar-refractivity contribution >= 4 is 34.8 Å². The van der Waals surface area contributed by atoms with Crippen LogP contribution in [0.15, 0.2) is 29.1 Å². The number of nitrogens with one attached hydrogen (secondary N) is 1. The Bertz CT molecular complexity index is 595. The van der Waals surface area contributed by atoms with Gasteiger partial charge >= 0.3 is 5.97 Å². The van der Waals surface area contributed by atoms with Crippen LogP contribution >= 0.6 is 22.9 Å². The Morgan fingerprint density at radius 1 is 1.50 bits per heavy atom. The molecular weight excluding hydrogens is 300 g/mol. The molecule has 20 heavy (non-hydrogen) atoms. The summed E-state index contributed by atoms with van der Waals surface area (Å²) in [5.41, 5.74) is 1.27. The maximum atomic E-state index is 11.8. The van der Waals surface area contributed by atoms with Gasteiger partial charge in [-0.15, -0.1) is 0 Å². The van der Waals surface area contributed by atoms with E-state index in [1.165, 1.54) is 17.2 Å². The Balaban J connectivity index is 1.81. The molecule has 2 aromatic heterocycles. The molecule has 106 valence electrons. The molecule has 0 aliphatic heterocycles. The molecule has 0 bridgehead atoms. The van der Waals surface area contributed by atoms with Crippen LogP contribution in [0, 0.1) is 0 Å². The normalized spacial score (nSPS) is 10.3. The van der Waals surface area contributed by atoms with Crippen LogP contribution in [0.5, 0.6) is 0 Å².